The first-order valence-corrected chi connectivity index (χ1v) is 6.70. The molecule has 1 aromatic heterocycles. The highest BCUT2D eigenvalue weighted by atomic mass is 32.1. The van der Waals surface area contributed by atoms with Gasteiger partial charge in [-0.15, -0.1) is 0 Å². The molecular formula is C14H14F2N2S. The number of nitrogens with zero attached hydrogens (tertiary/aromatic N) is 1. The van der Waals surface area contributed by atoms with Crippen LogP contribution in [0, 0.1) is 23.3 Å². The first-order valence-electron chi connectivity index (χ1n) is 6.29. The van der Waals surface area contributed by atoms with Crippen molar-refractivity contribution in [2.45, 2.75) is 32.2 Å². The third-order valence-corrected chi connectivity index (χ3v) is 4.12. The van der Waals surface area contributed by atoms with Crippen molar-refractivity contribution in [1.82, 2.24) is 9.55 Å². The SMILES string of the molecule is Cc1c[nH]c(=S)n1[C@H]1CCc2c(F)cc(F)cc2C1. The van der Waals surface area contributed by atoms with Gasteiger partial charge in [0.05, 0.1) is 0 Å². The molecule has 0 amide bonds. The van der Waals surface area contributed by atoms with E-state index in [-0.39, 0.29) is 6.04 Å². The Kier molecular flexibility index (Phi) is 3.01. The van der Waals surface area contributed by atoms with Crippen LogP contribution in [-0.4, -0.2) is 9.55 Å². The van der Waals surface area contributed by atoms with Gasteiger partial charge in [0.1, 0.15) is 11.6 Å². The number of fused-ring (bicyclic) bond motifs is 1. The summed E-state index contributed by atoms with van der Waals surface area (Å²) >= 11 is 5.26. The number of aryl methyl sites for hydroxylation is 1. The van der Waals surface area contributed by atoms with Crippen molar-refractivity contribution in [3.63, 3.8) is 0 Å². The van der Waals surface area contributed by atoms with Crippen LogP contribution in [0.5, 0.6) is 0 Å². The van der Waals surface area contributed by atoms with Crippen LogP contribution in [0.15, 0.2) is 18.3 Å². The zero-order valence-corrected chi connectivity index (χ0v) is 11.4. The lowest BCUT2D eigenvalue weighted by Gasteiger charge is -2.27. The van der Waals surface area contributed by atoms with Crippen molar-refractivity contribution in [2.75, 3.05) is 0 Å². The van der Waals surface area contributed by atoms with E-state index in [0.717, 1.165) is 23.7 Å². The van der Waals surface area contributed by atoms with Crippen molar-refractivity contribution in [3.8, 4) is 0 Å². The maximum absolute atomic E-state index is 13.7. The monoisotopic (exact) mass is 280 g/mol. The fourth-order valence-corrected chi connectivity index (χ4v) is 3.28. The van der Waals surface area contributed by atoms with Crippen LogP contribution in [0.1, 0.15) is 29.3 Å². The van der Waals surface area contributed by atoms with E-state index in [1.807, 2.05) is 17.7 Å². The highest BCUT2D eigenvalue weighted by Gasteiger charge is 2.24. The molecule has 0 unspecified atom stereocenters. The van der Waals surface area contributed by atoms with E-state index in [1.165, 1.54) is 6.07 Å². The summed E-state index contributed by atoms with van der Waals surface area (Å²) in [5.41, 5.74) is 2.46. The molecule has 2 nitrogen and oxygen atoms in total. The minimum Gasteiger partial charge on any atom is -0.337 e. The number of hydrogen-bond acceptors (Lipinski definition) is 1. The van der Waals surface area contributed by atoms with Gasteiger partial charge in [-0.1, -0.05) is 0 Å². The van der Waals surface area contributed by atoms with E-state index in [4.69, 9.17) is 12.2 Å². The lowest BCUT2D eigenvalue weighted by atomic mass is 9.87. The molecule has 0 fully saturated rings. The quantitative estimate of drug-likeness (QED) is 0.787. The lowest BCUT2D eigenvalue weighted by Crippen LogP contribution is -2.20. The van der Waals surface area contributed by atoms with Crippen LogP contribution in [0.4, 0.5) is 8.78 Å². The van der Waals surface area contributed by atoms with Crippen molar-refractivity contribution < 1.29 is 8.78 Å². The molecule has 0 saturated heterocycles. The van der Waals surface area contributed by atoms with Crippen LogP contribution in [0.3, 0.4) is 0 Å². The summed E-state index contributed by atoms with van der Waals surface area (Å²) in [7, 11) is 0. The fourth-order valence-electron chi connectivity index (χ4n) is 2.93. The number of aromatic nitrogens is 2. The van der Waals surface area contributed by atoms with Crippen LogP contribution in [0.2, 0.25) is 0 Å². The van der Waals surface area contributed by atoms with Gasteiger partial charge in [0.25, 0.3) is 0 Å². The average Bonchev–Trinajstić information content (AvgIpc) is 2.68. The third kappa shape index (κ3) is 2.12. The summed E-state index contributed by atoms with van der Waals surface area (Å²) in [4.78, 5) is 3.01. The molecule has 0 spiro atoms. The smallest absolute Gasteiger partial charge is 0.177 e. The summed E-state index contributed by atoms with van der Waals surface area (Å²) < 4.78 is 29.7. The molecular weight excluding hydrogens is 266 g/mol. The fraction of sp³-hybridized carbons (Fsp3) is 0.357. The van der Waals surface area contributed by atoms with Crippen molar-refractivity contribution in [2.24, 2.45) is 0 Å². The molecule has 0 saturated carbocycles. The summed E-state index contributed by atoms with van der Waals surface area (Å²) in [6.45, 7) is 1.98. The van der Waals surface area contributed by atoms with Gasteiger partial charge in [-0.2, -0.15) is 0 Å². The second-order valence-electron chi connectivity index (χ2n) is 5.03. The second kappa shape index (κ2) is 4.56. The van der Waals surface area contributed by atoms with Gasteiger partial charge in [0.2, 0.25) is 0 Å². The van der Waals surface area contributed by atoms with E-state index in [1.54, 1.807) is 0 Å². The molecule has 2 aromatic rings. The summed E-state index contributed by atoms with van der Waals surface area (Å²) in [5.74, 6) is -0.936. The van der Waals surface area contributed by atoms with Crippen molar-refractivity contribution in [3.05, 3.63) is 51.6 Å². The number of rotatable bonds is 1. The molecule has 0 aliphatic heterocycles. The molecule has 3 rings (SSSR count). The number of hydrogen-bond donors (Lipinski definition) is 1. The first kappa shape index (κ1) is 12.5. The second-order valence-corrected chi connectivity index (χ2v) is 5.41. The Morgan fingerprint density at radius 2 is 2.16 bits per heavy atom. The average molecular weight is 280 g/mol. The van der Waals surface area contributed by atoms with Gasteiger partial charge in [0, 0.05) is 24.0 Å². The van der Waals surface area contributed by atoms with Gasteiger partial charge in [-0.05, 0) is 55.6 Å². The van der Waals surface area contributed by atoms with E-state index in [9.17, 15) is 8.78 Å². The number of aromatic amines is 1. The molecule has 1 N–H and O–H groups in total. The van der Waals surface area contributed by atoms with E-state index in [0.29, 0.717) is 23.2 Å². The third-order valence-electron chi connectivity index (χ3n) is 3.80. The summed E-state index contributed by atoms with van der Waals surface area (Å²) in [5, 5.41) is 0. The van der Waals surface area contributed by atoms with Crippen LogP contribution in [-0.2, 0) is 12.8 Å². The van der Waals surface area contributed by atoms with Crippen molar-refractivity contribution >= 4 is 12.2 Å². The van der Waals surface area contributed by atoms with Crippen LogP contribution in [0.25, 0.3) is 0 Å². The maximum atomic E-state index is 13.7. The molecule has 1 atom stereocenters. The number of H-pyrrole nitrogens is 1. The Hall–Kier alpha value is -1.49. The van der Waals surface area contributed by atoms with Crippen LogP contribution >= 0.6 is 12.2 Å². The van der Waals surface area contributed by atoms with Crippen molar-refractivity contribution in [1.29, 1.82) is 0 Å². The summed E-state index contributed by atoms with van der Waals surface area (Å²) in [6, 6.07) is 2.58. The molecule has 1 heterocycles. The molecule has 19 heavy (non-hydrogen) atoms. The topological polar surface area (TPSA) is 20.7 Å². The van der Waals surface area contributed by atoms with E-state index in [2.05, 4.69) is 4.98 Å². The number of nitrogens with one attached hydrogen (secondary N) is 1. The molecule has 1 aromatic carbocycles. The highest BCUT2D eigenvalue weighted by Crippen LogP contribution is 2.32. The molecule has 100 valence electrons. The lowest BCUT2D eigenvalue weighted by molar-refractivity contribution is 0.420. The Labute approximate surface area is 115 Å². The summed E-state index contributed by atoms with van der Waals surface area (Å²) in [6.07, 6.45) is 3.93. The highest BCUT2D eigenvalue weighted by molar-refractivity contribution is 7.71. The molecule has 1 aliphatic carbocycles. The van der Waals surface area contributed by atoms with E-state index >= 15 is 0 Å². The normalized spacial score (nSPS) is 18.4. The van der Waals surface area contributed by atoms with Gasteiger partial charge in [-0.3, -0.25) is 0 Å². The number of benzene rings is 1. The molecule has 5 heteroatoms. The number of imidazole rings is 1. The largest absolute Gasteiger partial charge is 0.337 e. The maximum Gasteiger partial charge on any atom is 0.177 e. The molecule has 0 bridgehead atoms. The molecule has 1 aliphatic rings. The Balaban J connectivity index is 2.01. The zero-order chi connectivity index (χ0) is 13.6. The zero-order valence-electron chi connectivity index (χ0n) is 10.5. The number of halogens is 2. The Bertz CT molecular complexity index is 687. The minimum atomic E-state index is -0.508. The first-order chi connectivity index (χ1) is 9.06. The Morgan fingerprint density at radius 1 is 1.37 bits per heavy atom. The minimum absolute atomic E-state index is 0.174. The van der Waals surface area contributed by atoms with Gasteiger partial charge >= 0.3 is 0 Å². The predicted molar refractivity (Wildman–Crippen MR) is 71.8 cm³/mol. The Morgan fingerprint density at radius 3 is 2.84 bits per heavy atom. The van der Waals surface area contributed by atoms with Gasteiger partial charge in [0.15, 0.2) is 4.77 Å². The van der Waals surface area contributed by atoms with Gasteiger partial charge in [-0.25, -0.2) is 8.78 Å². The molecule has 0 radical (unpaired) electrons. The standard InChI is InChI=1S/C14H14F2N2S/c1-8-7-17-14(19)18(8)11-2-3-12-9(5-11)4-10(15)6-13(12)16/h4,6-7,11H,2-3,5H2,1H3,(H,17,19)/t11-/m0/s1. The predicted octanol–water partition coefficient (Wildman–Crippen LogP) is 3.86. The van der Waals surface area contributed by atoms with E-state index < -0.39 is 11.6 Å². The van der Waals surface area contributed by atoms with Gasteiger partial charge < -0.3 is 9.55 Å². The van der Waals surface area contributed by atoms with Crippen LogP contribution < -0.4 is 0 Å².